The first-order valence-electron chi connectivity index (χ1n) is 11.9. The van der Waals surface area contributed by atoms with Crippen LogP contribution >= 0.6 is 0 Å². The molecular formula is C25H46O6. The van der Waals surface area contributed by atoms with Crippen LogP contribution in [0.3, 0.4) is 0 Å². The van der Waals surface area contributed by atoms with Crippen molar-refractivity contribution >= 4 is 0 Å². The predicted octanol–water partition coefficient (Wildman–Crippen LogP) is 4.20. The minimum atomic E-state index is -0.293. The van der Waals surface area contributed by atoms with Gasteiger partial charge in [-0.2, -0.15) is 0 Å². The van der Waals surface area contributed by atoms with Crippen molar-refractivity contribution < 1.29 is 28.8 Å². The molecule has 0 amide bonds. The highest BCUT2D eigenvalue weighted by atomic mass is 16.7. The lowest BCUT2D eigenvalue weighted by atomic mass is 9.89. The summed E-state index contributed by atoms with van der Waals surface area (Å²) < 4.78 is 28.5. The Hall–Kier alpha value is -0.500. The van der Waals surface area contributed by atoms with Crippen molar-refractivity contribution in [3.8, 4) is 0 Å². The maximum Gasteiger partial charge on any atom is 0.160 e. The molecule has 0 aromatic heterocycles. The summed E-state index contributed by atoms with van der Waals surface area (Å²) in [7, 11) is 6.86. The van der Waals surface area contributed by atoms with Gasteiger partial charge in [0.15, 0.2) is 6.29 Å². The van der Waals surface area contributed by atoms with E-state index in [0.717, 1.165) is 31.3 Å². The third-order valence-corrected chi connectivity index (χ3v) is 7.64. The van der Waals surface area contributed by atoms with Crippen LogP contribution in [0.15, 0.2) is 11.6 Å². The normalized spacial score (nSPS) is 35.5. The van der Waals surface area contributed by atoms with Gasteiger partial charge >= 0.3 is 0 Å². The Labute approximate surface area is 189 Å². The van der Waals surface area contributed by atoms with E-state index in [0.29, 0.717) is 30.3 Å². The third kappa shape index (κ3) is 6.75. The van der Waals surface area contributed by atoms with Gasteiger partial charge in [0.25, 0.3) is 0 Å². The second-order valence-electron chi connectivity index (χ2n) is 9.53. The van der Waals surface area contributed by atoms with Gasteiger partial charge in [-0.3, -0.25) is 0 Å². The maximum absolute atomic E-state index is 10.9. The fourth-order valence-electron chi connectivity index (χ4n) is 5.38. The molecule has 0 spiro atoms. The Kier molecular flexibility index (Phi) is 10.9. The highest BCUT2D eigenvalue weighted by Gasteiger charge is 2.48. The summed E-state index contributed by atoms with van der Waals surface area (Å²) in [5.41, 5.74) is 1.13. The smallest absolute Gasteiger partial charge is 0.160 e. The average molecular weight is 443 g/mol. The summed E-state index contributed by atoms with van der Waals surface area (Å²) in [6, 6.07) is 0. The third-order valence-electron chi connectivity index (χ3n) is 7.64. The van der Waals surface area contributed by atoms with Crippen LogP contribution in [0.4, 0.5) is 0 Å². The number of aliphatic hydroxyl groups is 1. The van der Waals surface area contributed by atoms with Crippen molar-refractivity contribution in [2.75, 3.05) is 28.4 Å². The number of allylic oxidation sites excluding steroid dienone is 1. The van der Waals surface area contributed by atoms with Gasteiger partial charge in [0.2, 0.25) is 0 Å². The van der Waals surface area contributed by atoms with E-state index in [1.165, 1.54) is 0 Å². The van der Waals surface area contributed by atoms with Crippen LogP contribution in [0, 0.1) is 23.7 Å². The molecule has 0 aromatic rings. The molecule has 1 saturated carbocycles. The molecule has 1 saturated heterocycles. The molecule has 0 aromatic carbocycles. The van der Waals surface area contributed by atoms with Gasteiger partial charge in [-0.15, -0.1) is 0 Å². The quantitative estimate of drug-likeness (QED) is 0.431. The number of hydrogen-bond donors (Lipinski definition) is 1. The Morgan fingerprint density at radius 2 is 1.77 bits per heavy atom. The lowest BCUT2D eigenvalue weighted by Gasteiger charge is -2.40. The van der Waals surface area contributed by atoms with Crippen molar-refractivity contribution in [1.82, 2.24) is 0 Å². The molecule has 31 heavy (non-hydrogen) atoms. The molecule has 182 valence electrons. The van der Waals surface area contributed by atoms with E-state index in [2.05, 4.69) is 33.8 Å². The number of ether oxygens (including phenoxy) is 5. The summed E-state index contributed by atoms with van der Waals surface area (Å²) >= 11 is 0. The van der Waals surface area contributed by atoms with Crippen LogP contribution in [0.1, 0.15) is 59.8 Å². The zero-order valence-electron chi connectivity index (χ0n) is 20.9. The largest absolute Gasteiger partial charge is 0.393 e. The first-order valence-corrected chi connectivity index (χ1v) is 11.9. The Morgan fingerprint density at radius 1 is 1.06 bits per heavy atom. The van der Waals surface area contributed by atoms with Crippen LogP contribution < -0.4 is 0 Å². The van der Waals surface area contributed by atoms with Gasteiger partial charge < -0.3 is 28.8 Å². The average Bonchev–Trinajstić information content (AvgIpc) is 3.58. The summed E-state index contributed by atoms with van der Waals surface area (Å²) in [5, 5.41) is 10.9. The topological polar surface area (TPSA) is 66.4 Å². The monoisotopic (exact) mass is 442 g/mol. The van der Waals surface area contributed by atoms with Gasteiger partial charge in [0, 0.05) is 34.9 Å². The van der Waals surface area contributed by atoms with Gasteiger partial charge in [-0.1, -0.05) is 26.8 Å². The van der Waals surface area contributed by atoms with Crippen molar-refractivity contribution in [2.45, 2.75) is 96.6 Å². The van der Waals surface area contributed by atoms with Gasteiger partial charge in [-0.05, 0) is 61.9 Å². The van der Waals surface area contributed by atoms with Crippen molar-refractivity contribution in [3.63, 3.8) is 0 Å². The SMILES string of the molecule is CC[C@H](OC)[C@@H](C)[C@H]1CC1[C@H](O)[C@@H](C)CC/C=C(\C)[C@H]1O[C@@H](OC)C[C@H](OC)[C@H]1OC. The van der Waals surface area contributed by atoms with Crippen LogP contribution in [-0.4, -0.2) is 70.4 Å². The minimum Gasteiger partial charge on any atom is -0.393 e. The van der Waals surface area contributed by atoms with E-state index < -0.39 is 0 Å². The number of hydrogen-bond acceptors (Lipinski definition) is 6. The molecule has 10 atom stereocenters. The van der Waals surface area contributed by atoms with E-state index in [4.69, 9.17) is 23.7 Å². The first kappa shape index (κ1) is 26.7. The fraction of sp³-hybridized carbons (Fsp3) is 0.920. The Bertz CT molecular complexity index is 548. The zero-order chi connectivity index (χ0) is 23.1. The van der Waals surface area contributed by atoms with E-state index in [1.807, 2.05) is 0 Å². The fourth-order valence-corrected chi connectivity index (χ4v) is 5.38. The van der Waals surface area contributed by atoms with Crippen LogP contribution in [0.2, 0.25) is 0 Å². The van der Waals surface area contributed by atoms with E-state index in [9.17, 15) is 5.11 Å². The standard InChI is InChI=1S/C25H46O6/c1-9-20(27-5)17(4)18-13-19(18)23(26)15(2)11-10-12-16(3)24-25(30-8)21(28-6)14-22(29-7)31-24/h12,15,17-26H,9-11,13-14H2,1-8H3/b16-12+/t15-,17-,18+,19?,20-,21-,22+,23+,24+,25+/m0/s1. The number of aliphatic hydroxyl groups excluding tert-OH is 1. The predicted molar refractivity (Wildman–Crippen MR) is 122 cm³/mol. The Morgan fingerprint density at radius 3 is 2.32 bits per heavy atom. The summed E-state index contributed by atoms with van der Waals surface area (Å²) in [6.45, 7) is 8.68. The molecular weight excluding hydrogens is 396 g/mol. The van der Waals surface area contributed by atoms with Crippen LogP contribution in [-0.2, 0) is 23.7 Å². The minimum absolute atomic E-state index is 0.0642. The highest BCUT2D eigenvalue weighted by Crippen LogP contribution is 2.50. The second kappa shape index (κ2) is 12.7. The van der Waals surface area contributed by atoms with Crippen LogP contribution in [0.25, 0.3) is 0 Å². The van der Waals surface area contributed by atoms with Gasteiger partial charge in [0.1, 0.15) is 12.2 Å². The molecule has 2 aliphatic rings. The zero-order valence-corrected chi connectivity index (χ0v) is 20.9. The van der Waals surface area contributed by atoms with Gasteiger partial charge in [0.05, 0.1) is 18.3 Å². The molecule has 0 bridgehead atoms. The van der Waals surface area contributed by atoms with E-state index >= 15 is 0 Å². The highest BCUT2D eigenvalue weighted by molar-refractivity contribution is 5.11. The molecule has 1 unspecified atom stereocenters. The summed E-state index contributed by atoms with van der Waals surface area (Å²) in [6.07, 6.45) is 6.20. The molecule has 1 aliphatic carbocycles. The second-order valence-corrected chi connectivity index (χ2v) is 9.53. The van der Waals surface area contributed by atoms with Crippen molar-refractivity contribution in [3.05, 3.63) is 11.6 Å². The summed E-state index contributed by atoms with van der Waals surface area (Å²) in [5.74, 6) is 1.75. The lowest BCUT2D eigenvalue weighted by molar-refractivity contribution is -0.241. The van der Waals surface area contributed by atoms with Crippen molar-refractivity contribution in [1.29, 1.82) is 0 Å². The maximum atomic E-state index is 10.9. The first-order chi connectivity index (χ1) is 14.8. The molecule has 1 aliphatic heterocycles. The molecule has 1 heterocycles. The number of methoxy groups -OCH3 is 4. The summed E-state index contributed by atoms with van der Waals surface area (Å²) in [4.78, 5) is 0. The molecule has 2 rings (SSSR count). The Balaban J connectivity index is 1.87. The van der Waals surface area contributed by atoms with Gasteiger partial charge in [-0.25, -0.2) is 0 Å². The molecule has 2 fully saturated rings. The van der Waals surface area contributed by atoms with Crippen molar-refractivity contribution in [2.24, 2.45) is 23.7 Å². The van der Waals surface area contributed by atoms with E-state index in [-0.39, 0.29) is 36.6 Å². The van der Waals surface area contributed by atoms with E-state index in [1.54, 1.807) is 28.4 Å². The molecule has 0 radical (unpaired) electrons. The number of rotatable bonds is 13. The lowest BCUT2D eigenvalue weighted by Crippen LogP contribution is -2.51. The molecule has 1 N–H and O–H groups in total. The van der Waals surface area contributed by atoms with Crippen LogP contribution in [0.5, 0.6) is 0 Å². The molecule has 6 heteroatoms. The molecule has 6 nitrogen and oxygen atoms in total.